The summed E-state index contributed by atoms with van der Waals surface area (Å²) >= 11 is 2.00. The van der Waals surface area contributed by atoms with Gasteiger partial charge in [0.05, 0.1) is 35.1 Å². The third kappa shape index (κ3) is 3.08. The van der Waals surface area contributed by atoms with E-state index >= 15 is 0 Å². The number of hydrogen-bond acceptors (Lipinski definition) is 3. The Hall–Kier alpha value is -2.16. The van der Waals surface area contributed by atoms with Crippen molar-refractivity contribution >= 4 is 44.9 Å². The highest BCUT2D eigenvalue weighted by molar-refractivity contribution is 14.1. The van der Waals surface area contributed by atoms with Crippen molar-refractivity contribution in [1.29, 1.82) is 0 Å². The maximum absolute atomic E-state index is 14.2. The van der Waals surface area contributed by atoms with E-state index in [4.69, 9.17) is 4.74 Å². The number of halogens is 3. The number of rotatable bonds is 3. The first-order chi connectivity index (χ1) is 11.8. The van der Waals surface area contributed by atoms with Gasteiger partial charge in [0, 0.05) is 10.6 Å². The summed E-state index contributed by atoms with van der Waals surface area (Å²) in [6.45, 7) is 1.72. The minimum Gasteiger partial charge on any atom is -0.491 e. The Morgan fingerprint density at radius 3 is 2.52 bits per heavy atom. The maximum Gasteiger partial charge on any atom is 0.233 e. The molecule has 1 aromatic heterocycles. The predicted octanol–water partition coefficient (Wildman–Crippen LogP) is 4.48. The Morgan fingerprint density at radius 1 is 1.16 bits per heavy atom. The fourth-order valence-corrected chi connectivity index (χ4v) is 3.23. The van der Waals surface area contributed by atoms with Crippen molar-refractivity contribution < 1.29 is 13.5 Å². The molecule has 25 heavy (non-hydrogen) atoms. The van der Waals surface area contributed by atoms with Gasteiger partial charge in [-0.2, -0.15) is 0 Å². The lowest BCUT2D eigenvalue weighted by Gasteiger charge is -2.17. The van der Waals surface area contributed by atoms with Crippen molar-refractivity contribution in [2.24, 2.45) is 7.05 Å². The molecule has 0 aliphatic rings. The first-order valence-corrected chi connectivity index (χ1v) is 8.50. The second-order valence-corrected chi connectivity index (χ2v) is 6.85. The van der Waals surface area contributed by atoms with Crippen molar-refractivity contribution in [2.45, 2.75) is 6.92 Å². The lowest BCUT2D eigenvalue weighted by atomic mass is 10.1. The average molecular weight is 456 g/mol. The number of fused-ring (bicyclic) bond motifs is 1. The fourth-order valence-electron chi connectivity index (χ4n) is 2.78. The molecule has 1 heterocycles. The first-order valence-electron chi connectivity index (χ1n) is 7.42. The van der Waals surface area contributed by atoms with Crippen LogP contribution in [0.25, 0.3) is 10.9 Å². The Morgan fingerprint density at radius 2 is 1.88 bits per heavy atom. The average Bonchev–Trinajstić information content (AvgIpc) is 2.55. The summed E-state index contributed by atoms with van der Waals surface area (Å²) in [6, 6.07) is 7.07. The van der Waals surface area contributed by atoms with Gasteiger partial charge in [-0.1, -0.05) is 0 Å². The summed E-state index contributed by atoms with van der Waals surface area (Å²) in [4.78, 5) is 12.8. The molecule has 3 rings (SSSR count). The number of pyridine rings is 1. The summed E-state index contributed by atoms with van der Waals surface area (Å²) < 4.78 is 35.9. The number of benzene rings is 2. The monoisotopic (exact) mass is 456 g/mol. The van der Waals surface area contributed by atoms with Crippen LogP contribution >= 0.6 is 22.6 Å². The van der Waals surface area contributed by atoms with Crippen LogP contribution in [-0.4, -0.2) is 11.7 Å². The quantitative estimate of drug-likeness (QED) is 0.592. The standard InChI is InChI=1S/C18H15F2IN2O2/c1-9-18(25-3)17(24)16-14(6-10(19)7-15(16)23(9)2)22-13-5-4-11(21)8-12(13)20/h4-8,22H,1-3H3. The number of hydrogen-bond donors (Lipinski definition) is 1. The topological polar surface area (TPSA) is 43.3 Å². The molecule has 0 aliphatic heterocycles. The van der Waals surface area contributed by atoms with Crippen LogP contribution in [0.5, 0.6) is 5.75 Å². The zero-order valence-electron chi connectivity index (χ0n) is 13.8. The summed E-state index contributed by atoms with van der Waals surface area (Å²) in [7, 11) is 3.12. The normalized spacial score (nSPS) is 11.0. The van der Waals surface area contributed by atoms with Crippen molar-refractivity contribution in [1.82, 2.24) is 4.57 Å². The Balaban J connectivity index is 2.31. The van der Waals surface area contributed by atoms with E-state index in [1.807, 2.05) is 22.6 Å². The molecule has 0 amide bonds. The van der Waals surface area contributed by atoms with Crippen LogP contribution in [0.2, 0.25) is 0 Å². The molecular weight excluding hydrogens is 441 g/mol. The van der Waals surface area contributed by atoms with Gasteiger partial charge in [-0.25, -0.2) is 8.78 Å². The molecule has 0 saturated heterocycles. The fraction of sp³-hybridized carbons (Fsp3) is 0.167. The third-order valence-electron chi connectivity index (χ3n) is 4.11. The summed E-state index contributed by atoms with van der Waals surface area (Å²) in [5.41, 5.74) is 0.957. The molecule has 3 aromatic rings. The minimum absolute atomic E-state index is 0.161. The van der Waals surface area contributed by atoms with E-state index in [0.29, 0.717) is 11.2 Å². The first kappa shape index (κ1) is 17.7. The van der Waals surface area contributed by atoms with Gasteiger partial charge in [0.2, 0.25) is 5.43 Å². The molecule has 0 saturated carbocycles. The number of ether oxygens (including phenoxy) is 1. The third-order valence-corrected chi connectivity index (χ3v) is 4.78. The lowest BCUT2D eigenvalue weighted by molar-refractivity contribution is 0.403. The lowest BCUT2D eigenvalue weighted by Crippen LogP contribution is -2.15. The van der Waals surface area contributed by atoms with Crippen LogP contribution in [0, 0.1) is 22.1 Å². The van der Waals surface area contributed by atoms with Gasteiger partial charge in [-0.3, -0.25) is 4.79 Å². The molecule has 0 aliphatic carbocycles. The maximum atomic E-state index is 14.2. The van der Waals surface area contributed by atoms with Crippen LogP contribution in [-0.2, 0) is 7.05 Å². The van der Waals surface area contributed by atoms with E-state index in [1.54, 1.807) is 30.7 Å². The summed E-state index contributed by atoms with van der Waals surface area (Å²) in [5.74, 6) is -0.839. The van der Waals surface area contributed by atoms with Crippen molar-refractivity contribution in [3.8, 4) is 5.75 Å². The highest BCUT2D eigenvalue weighted by Crippen LogP contribution is 2.30. The zero-order chi connectivity index (χ0) is 18.3. The van der Waals surface area contributed by atoms with Crippen molar-refractivity contribution in [2.75, 3.05) is 12.4 Å². The molecule has 0 unspecified atom stereocenters. The van der Waals surface area contributed by atoms with E-state index in [1.165, 1.54) is 25.3 Å². The smallest absolute Gasteiger partial charge is 0.233 e. The summed E-state index contributed by atoms with van der Waals surface area (Å²) in [6.07, 6.45) is 0. The molecule has 130 valence electrons. The SMILES string of the molecule is COc1c(C)n(C)c2cc(F)cc(Nc3ccc(I)cc3F)c2c1=O. The number of anilines is 2. The summed E-state index contributed by atoms with van der Waals surface area (Å²) in [5, 5.41) is 3.07. The van der Waals surface area contributed by atoms with Gasteiger partial charge in [0.25, 0.3) is 0 Å². The number of aromatic nitrogens is 1. The molecule has 2 aromatic carbocycles. The largest absolute Gasteiger partial charge is 0.491 e. The van der Waals surface area contributed by atoms with Crippen LogP contribution < -0.4 is 15.5 Å². The molecular formula is C18H15F2IN2O2. The molecule has 0 fully saturated rings. The van der Waals surface area contributed by atoms with Gasteiger partial charge >= 0.3 is 0 Å². The van der Waals surface area contributed by atoms with E-state index in [0.717, 1.165) is 3.57 Å². The van der Waals surface area contributed by atoms with E-state index < -0.39 is 11.6 Å². The number of aryl methyl sites for hydroxylation is 1. The van der Waals surface area contributed by atoms with Gasteiger partial charge in [0.15, 0.2) is 5.75 Å². The molecule has 0 bridgehead atoms. The number of nitrogens with one attached hydrogen (secondary N) is 1. The predicted molar refractivity (Wildman–Crippen MR) is 103 cm³/mol. The van der Waals surface area contributed by atoms with Crippen LogP contribution in [0.4, 0.5) is 20.2 Å². The Bertz CT molecular complexity index is 1050. The van der Waals surface area contributed by atoms with Gasteiger partial charge in [-0.15, -0.1) is 0 Å². The molecule has 1 N–H and O–H groups in total. The number of methoxy groups -OCH3 is 1. The second kappa shape index (κ2) is 6.62. The van der Waals surface area contributed by atoms with Gasteiger partial charge in [-0.05, 0) is 59.8 Å². The second-order valence-electron chi connectivity index (χ2n) is 5.60. The zero-order valence-corrected chi connectivity index (χ0v) is 15.9. The highest BCUT2D eigenvalue weighted by Gasteiger charge is 2.18. The Kier molecular flexibility index (Phi) is 4.68. The van der Waals surface area contributed by atoms with E-state index in [2.05, 4.69) is 5.32 Å². The van der Waals surface area contributed by atoms with Crippen LogP contribution in [0.15, 0.2) is 35.1 Å². The van der Waals surface area contributed by atoms with Gasteiger partial charge < -0.3 is 14.6 Å². The Labute approximate surface area is 156 Å². The highest BCUT2D eigenvalue weighted by atomic mass is 127. The van der Waals surface area contributed by atoms with Crippen LogP contribution in [0.1, 0.15) is 5.69 Å². The van der Waals surface area contributed by atoms with Crippen molar-refractivity contribution in [3.63, 3.8) is 0 Å². The molecule has 4 nitrogen and oxygen atoms in total. The van der Waals surface area contributed by atoms with E-state index in [-0.39, 0.29) is 27.9 Å². The van der Waals surface area contributed by atoms with Gasteiger partial charge in [0.1, 0.15) is 11.6 Å². The minimum atomic E-state index is -0.527. The molecule has 0 spiro atoms. The molecule has 7 heteroatoms. The van der Waals surface area contributed by atoms with Crippen molar-refractivity contribution in [3.05, 3.63) is 61.5 Å². The van der Waals surface area contributed by atoms with E-state index in [9.17, 15) is 13.6 Å². The molecule has 0 radical (unpaired) electrons. The van der Waals surface area contributed by atoms with Crippen LogP contribution in [0.3, 0.4) is 0 Å². The number of nitrogens with zero attached hydrogens (tertiary/aromatic N) is 1. The molecule has 0 atom stereocenters.